The zero-order chi connectivity index (χ0) is 16.7. The number of aromatic hydroxyl groups is 1. The molecule has 1 aromatic heterocycles. The van der Waals surface area contributed by atoms with E-state index in [1.807, 2.05) is 6.07 Å². The van der Waals surface area contributed by atoms with Gasteiger partial charge in [-0.25, -0.2) is 13.1 Å². The van der Waals surface area contributed by atoms with E-state index in [2.05, 4.69) is 5.10 Å². The summed E-state index contributed by atoms with van der Waals surface area (Å²) in [5.41, 5.74) is 0.309. The third kappa shape index (κ3) is 2.46. The molecule has 0 radical (unpaired) electrons. The predicted octanol–water partition coefficient (Wildman–Crippen LogP) is 0.940. The lowest BCUT2D eigenvalue weighted by atomic mass is 9.97. The van der Waals surface area contributed by atoms with Gasteiger partial charge in [0.15, 0.2) is 15.6 Å². The van der Waals surface area contributed by atoms with E-state index in [4.69, 9.17) is 0 Å². The first-order valence-electron chi connectivity index (χ1n) is 6.18. The van der Waals surface area contributed by atoms with E-state index in [0.29, 0.717) is 0 Å². The van der Waals surface area contributed by atoms with Gasteiger partial charge in [0.2, 0.25) is 5.88 Å². The maximum Gasteiger partial charge on any atom is 0.220 e. The highest BCUT2D eigenvalue weighted by Gasteiger charge is 2.23. The number of aryl methyl sites for hydroxylation is 1. The van der Waals surface area contributed by atoms with Gasteiger partial charge in [-0.3, -0.25) is 4.79 Å². The molecule has 114 valence electrons. The second-order valence-corrected chi connectivity index (χ2v) is 6.81. The summed E-state index contributed by atoms with van der Waals surface area (Å²) in [6.07, 6.45) is 2.21. The number of ketones is 1. The summed E-state index contributed by atoms with van der Waals surface area (Å²) in [5.74, 6) is -0.824. The van der Waals surface area contributed by atoms with E-state index in [1.54, 1.807) is 0 Å². The molecule has 0 amide bonds. The molecule has 1 heterocycles. The van der Waals surface area contributed by atoms with Crippen LogP contribution in [0.5, 0.6) is 5.88 Å². The highest BCUT2D eigenvalue weighted by atomic mass is 32.2. The highest BCUT2D eigenvalue weighted by Crippen LogP contribution is 2.26. The van der Waals surface area contributed by atoms with Crippen LogP contribution in [0.4, 0.5) is 0 Å². The minimum Gasteiger partial charge on any atom is -0.493 e. The fraction of sp³-hybridized carbons (Fsp3) is 0.214. The highest BCUT2D eigenvalue weighted by molar-refractivity contribution is 7.90. The van der Waals surface area contributed by atoms with Crippen molar-refractivity contribution in [2.45, 2.75) is 11.8 Å². The van der Waals surface area contributed by atoms with E-state index >= 15 is 0 Å². The van der Waals surface area contributed by atoms with Gasteiger partial charge in [-0.2, -0.15) is 10.4 Å². The molecule has 1 N–H and O–H groups in total. The van der Waals surface area contributed by atoms with Crippen molar-refractivity contribution in [2.24, 2.45) is 7.05 Å². The molecule has 0 atom stereocenters. The number of carbonyl (C=O) groups excluding carboxylic acids is 1. The first-order valence-corrected chi connectivity index (χ1v) is 8.07. The number of nitrogens with zero attached hydrogens (tertiary/aromatic N) is 3. The van der Waals surface area contributed by atoms with Crippen molar-refractivity contribution in [3.63, 3.8) is 0 Å². The number of rotatable bonds is 3. The molecular formula is C14H13N3O4S. The van der Waals surface area contributed by atoms with Gasteiger partial charge in [-0.05, 0) is 24.6 Å². The molecule has 0 aliphatic rings. The smallest absolute Gasteiger partial charge is 0.220 e. The summed E-state index contributed by atoms with van der Waals surface area (Å²) in [6, 6.07) is 4.38. The average molecular weight is 319 g/mol. The number of sulfone groups is 1. The Bertz CT molecular complexity index is 920. The van der Waals surface area contributed by atoms with E-state index in [9.17, 15) is 23.6 Å². The first kappa shape index (κ1) is 15.7. The summed E-state index contributed by atoms with van der Waals surface area (Å²) in [6.45, 7) is 1.49. The van der Waals surface area contributed by atoms with Crippen LogP contribution >= 0.6 is 0 Å². The Labute approximate surface area is 127 Å². The molecule has 1 aromatic carbocycles. The molecule has 0 spiro atoms. The van der Waals surface area contributed by atoms with Gasteiger partial charge in [0, 0.05) is 18.9 Å². The lowest BCUT2D eigenvalue weighted by Gasteiger charge is -2.09. The summed E-state index contributed by atoms with van der Waals surface area (Å²) in [4.78, 5) is 12.3. The van der Waals surface area contributed by atoms with Gasteiger partial charge >= 0.3 is 0 Å². The molecule has 2 aromatic rings. The van der Waals surface area contributed by atoms with Gasteiger partial charge in [0.1, 0.15) is 11.6 Å². The van der Waals surface area contributed by atoms with Gasteiger partial charge in [-0.15, -0.1) is 0 Å². The summed E-state index contributed by atoms with van der Waals surface area (Å²) in [7, 11) is -2.10. The van der Waals surface area contributed by atoms with E-state index in [-0.39, 0.29) is 33.0 Å². The molecular weight excluding hydrogens is 306 g/mol. The Hall–Kier alpha value is -2.66. The molecule has 0 unspecified atom stereocenters. The number of carbonyl (C=O) groups is 1. The zero-order valence-corrected chi connectivity index (χ0v) is 13.0. The minimum absolute atomic E-state index is 0.0124. The molecule has 0 aliphatic heterocycles. The van der Waals surface area contributed by atoms with Crippen molar-refractivity contribution in [3.05, 3.63) is 40.6 Å². The van der Waals surface area contributed by atoms with E-state index in [1.165, 1.54) is 32.3 Å². The van der Waals surface area contributed by atoms with Gasteiger partial charge < -0.3 is 5.11 Å². The van der Waals surface area contributed by atoms with Crippen molar-refractivity contribution in [1.29, 1.82) is 5.26 Å². The maximum atomic E-state index is 12.5. The standard InChI is InChI=1S/C14H13N3O4S/c1-8-9(13(18)11-7-16-17(2)14(11)19)4-5-12(10(8)6-15)22(3,20)21/h4-5,7,19H,1-3H3. The normalized spacial score (nSPS) is 11.2. The Morgan fingerprint density at radius 2 is 2.00 bits per heavy atom. The van der Waals surface area contributed by atoms with Crippen molar-refractivity contribution in [3.8, 4) is 11.9 Å². The molecule has 0 saturated carbocycles. The molecule has 0 saturated heterocycles. The van der Waals surface area contributed by atoms with E-state index in [0.717, 1.165) is 10.9 Å². The molecule has 0 fully saturated rings. The number of aromatic nitrogens is 2. The Morgan fingerprint density at radius 3 is 2.45 bits per heavy atom. The Balaban J connectivity index is 2.67. The van der Waals surface area contributed by atoms with Crippen LogP contribution in [-0.4, -0.2) is 35.3 Å². The first-order chi connectivity index (χ1) is 10.2. The fourth-order valence-corrected chi connectivity index (χ4v) is 3.00. The van der Waals surface area contributed by atoms with Crippen LogP contribution in [0.15, 0.2) is 23.2 Å². The second-order valence-electron chi connectivity index (χ2n) is 4.83. The Morgan fingerprint density at radius 1 is 1.36 bits per heavy atom. The van der Waals surface area contributed by atoms with E-state index < -0.39 is 15.6 Å². The average Bonchev–Trinajstić information content (AvgIpc) is 2.77. The van der Waals surface area contributed by atoms with Crippen LogP contribution in [0.25, 0.3) is 0 Å². The number of benzene rings is 1. The van der Waals surface area contributed by atoms with Gasteiger partial charge in [0.05, 0.1) is 16.7 Å². The SMILES string of the molecule is Cc1c(C(=O)c2cnn(C)c2O)ccc(S(C)(=O)=O)c1C#N. The summed E-state index contributed by atoms with van der Waals surface area (Å²) < 4.78 is 24.5. The minimum atomic E-state index is -3.58. The molecule has 2 rings (SSSR count). The van der Waals surface area contributed by atoms with Crippen molar-refractivity contribution in [2.75, 3.05) is 6.26 Å². The molecule has 0 bridgehead atoms. The van der Waals surface area contributed by atoms with Crippen LogP contribution in [0.2, 0.25) is 0 Å². The third-order valence-electron chi connectivity index (χ3n) is 3.33. The maximum absolute atomic E-state index is 12.5. The topological polar surface area (TPSA) is 113 Å². The number of hydrogen-bond donors (Lipinski definition) is 1. The van der Waals surface area contributed by atoms with Crippen LogP contribution in [0.3, 0.4) is 0 Å². The third-order valence-corrected chi connectivity index (χ3v) is 4.47. The van der Waals surface area contributed by atoms with Crippen LogP contribution < -0.4 is 0 Å². The molecule has 7 nitrogen and oxygen atoms in total. The van der Waals surface area contributed by atoms with Crippen molar-refractivity contribution >= 4 is 15.6 Å². The van der Waals surface area contributed by atoms with Crippen LogP contribution in [0.1, 0.15) is 27.0 Å². The second kappa shape index (κ2) is 5.27. The molecule has 0 aliphatic carbocycles. The van der Waals surface area contributed by atoms with Crippen LogP contribution in [0, 0.1) is 18.3 Å². The fourth-order valence-electron chi connectivity index (χ4n) is 2.12. The molecule has 8 heteroatoms. The zero-order valence-electron chi connectivity index (χ0n) is 12.2. The van der Waals surface area contributed by atoms with Crippen molar-refractivity contribution < 1.29 is 18.3 Å². The lowest BCUT2D eigenvalue weighted by Crippen LogP contribution is -2.09. The summed E-state index contributed by atoms with van der Waals surface area (Å²) >= 11 is 0. The lowest BCUT2D eigenvalue weighted by molar-refractivity contribution is 0.103. The van der Waals surface area contributed by atoms with Gasteiger partial charge in [-0.1, -0.05) is 0 Å². The van der Waals surface area contributed by atoms with Crippen LogP contribution in [-0.2, 0) is 16.9 Å². The largest absolute Gasteiger partial charge is 0.493 e. The monoisotopic (exact) mass is 319 g/mol. The number of nitriles is 1. The molecule has 22 heavy (non-hydrogen) atoms. The Kier molecular flexibility index (Phi) is 3.77. The van der Waals surface area contributed by atoms with Gasteiger partial charge in [0.25, 0.3) is 0 Å². The van der Waals surface area contributed by atoms with Crippen molar-refractivity contribution in [1.82, 2.24) is 9.78 Å². The quantitative estimate of drug-likeness (QED) is 0.842. The summed E-state index contributed by atoms with van der Waals surface area (Å²) in [5, 5.41) is 22.8. The number of hydrogen-bond acceptors (Lipinski definition) is 6. The predicted molar refractivity (Wildman–Crippen MR) is 77.3 cm³/mol.